The maximum atomic E-state index is 3.70. The van der Waals surface area contributed by atoms with Crippen molar-refractivity contribution in [3.8, 4) is 0 Å². The first-order chi connectivity index (χ1) is 9.20. The molecule has 1 nitrogen and oxygen atoms in total. The third-order valence-electron chi connectivity index (χ3n) is 3.93. The second-order valence-electron chi connectivity index (χ2n) is 5.25. The van der Waals surface area contributed by atoms with Crippen LogP contribution in [0.25, 0.3) is 0 Å². The lowest BCUT2D eigenvalue weighted by atomic mass is 10.0. The average molecular weight is 336 g/mol. The van der Waals surface area contributed by atoms with Crippen LogP contribution in [0.3, 0.4) is 0 Å². The zero-order valence-corrected chi connectivity index (χ0v) is 13.6. The second-order valence-corrected chi connectivity index (χ2v) is 7.39. The minimum absolute atomic E-state index is 0.471. The summed E-state index contributed by atoms with van der Waals surface area (Å²) in [7, 11) is 2.08. The number of hydrogen-bond donors (Lipinski definition) is 1. The summed E-state index contributed by atoms with van der Waals surface area (Å²) in [5.74, 6) is 1.44. The molecule has 1 fully saturated rings. The van der Waals surface area contributed by atoms with Crippen molar-refractivity contribution in [2.45, 2.75) is 25.3 Å². The lowest BCUT2D eigenvalue weighted by Crippen LogP contribution is -2.18. The summed E-state index contributed by atoms with van der Waals surface area (Å²) in [5, 5.41) is 3.51. The third-order valence-corrected chi connectivity index (χ3v) is 5.98. The van der Waals surface area contributed by atoms with Crippen molar-refractivity contribution in [2.75, 3.05) is 7.05 Å². The van der Waals surface area contributed by atoms with E-state index in [1.165, 1.54) is 26.2 Å². The van der Waals surface area contributed by atoms with Gasteiger partial charge in [-0.3, -0.25) is 0 Å². The molecule has 0 aliphatic heterocycles. The number of thiophene rings is 1. The molecule has 0 spiro atoms. The Kier molecular flexibility index (Phi) is 3.79. The van der Waals surface area contributed by atoms with E-state index in [0.29, 0.717) is 12.0 Å². The van der Waals surface area contributed by atoms with E-state index in [2.05, 4.69) is 71.6 Å². The van der Waals surface area contributed by atoms with Crippen LogP contribution < -0.4 is 5.32 Å². The molecule has 1 aliphatic rings. The molecule has 0 bridgehead atoms. The Bertz CT molecular complexity index is 563. The van der Waals surface area contributed by atoms with Crippen molar-refractivity contribution < 1.29 is 0 Å². The van der Waals surface area contributed by atoms with Gasteiger partial charge in [-0.25, -0.2) is 0 Å². The van der Waals surface area contributed by atoms with Crippen LogP contribution in [-0.4, -0.2) is 7.05 Å². The Balaban J connectivity index is 1.81. The number of rotatable bonds is 4. The van der Waals surface area contributed by atoms with E-state index in [1.807, 2.05) is 11.3 Å². The molecule has 1 saturated carbocycles. The predicted molar refractivity (Wildman–Crippen MR) is 85.8 cm³/mol. The highest BCUT2D eigenvalue weighted by atomic mass is 79.9. The number of aryl methyl sites for hydroxylation is 1. The number of hydrogen-bond acceptors (Lipinski definition) is 2. The zero-order valence-electron chi connectivity index (χ0n) is 11.2. The highest BCUT2D eigenvalue weighted by Gasteiger charge is 2.44. The molecular formula is C16H18BrNS. The highest BCUT2D eigenvalue weighted by Crippen LogP contribution is 2.55. The molecule has 3 atom stereocenters. The Morgan fingerprint density at radius 2 is 2.05 bits per heavy atom. The van der Waals surface area contributed by atoms with Gasteiger partial charge in [0.1, 0.15) is 0 Å². The lowest BCUT2D eigenvalue weighted by molar-refractivity contribution is 0.524. The third kappa shape index (κ3) is 2.64. The molecule has 2 aromatic rings. The van der Waals surface area contributed by atoms with Gasteiger partial charge in [0, 0.05) is 20.3 Å². The molecule has 3 heteroatoms. The lowest BCUT2D eigenvalue weighted by Gasteiger charge is -2.15. The average Bonchev–Trinajstić information content (AvgIpc) is 3.12. The van der Waals surface area contributed by atoms with E-state index in [1.54, 1.807) is 0 Å². The molecule has 1 N–H and O–H groups in total. The molecule has 1 aromatic heterocycles. The second kappa shape index (κ2) is 5.39. The van der Waals surface area contributed by atoms with E-state index < -0.39 is 0 Å². The zero-order chi connectivity index (χ0) is 13.4. The van der Waals surface area contributed by atoms with Crippen LogP contribution in [0.5, 0.6) is 0 Å². The Labute approximate surface area is 127 Å². The molecule has 19 heavy (non-hydrogen) atoms. The number of nitrogens with one attached hydrogen (secondary N) is 1. The number of halogens is 1. The molecule has 3 rings (SSSR count). The van der Waals surface area contributed by atoms with Gasteiger partial charge in [0.05, 0.1) is 0 Å². The van der Waals surface area contributed by atoms with Crippen LogP contribution in [0.4, 0.5) is 0 Å². The summed E-state index contributed by atoms with van der Waals surface area (Å²) < 4.78 is 1.26. The van der Waals surface area contributed by atoms with E-state index in [-0.39, 0.29) is 0 Å². The maximum absolute atomic E-state index is 3.70. The van der Waals surface area contributed by atoms with Crippen LogP contribution >= 0.6 is 27.3 Å². The van der Waals surface area contributed by atoms with Gasteiger partial charge in [-0.2, -0.15) is 0 Å². The van der Waals surface area contributed by atoms with E-state index >= 15 is 0 Å². The van der Waals surface area contributed by atoms with Crippen LogP contribution in [0.15, 0.2) is 40.9 Å². The Morgan fingerprint density at radius 1 is 1.32 bits per heavy atom. The fourth-order valence-corrected chi connectivity index (χ4v) is 5.00. The monoisotopic (exact) mass is 335 g/mol. The molecule has 3 unspecified atom stereocenters. The van der Waals surface area contributed by atoms with E-state index in [0.717, 1.165) is 5.92 Å². The molecule has 0 radical (unpaired) electrons. The molecule has 0 amide bonds. The van der Waals surface area contributed by atoms with Gasteiger partial charge in [0.15, 0.2) is 0 Å². The topological polar surface area (TPSA) is 12.0 Å². The fraction of sp³-hybridized carbons (Fsp3) is 0.375. The fourth-order valence-electron chi connectivity index (χ4n) is 2.92. The molecule has 1 aliphatic carbocycles. The van der Waals surface area contributed by atoms with E-state index in [4.69, 9.17) is 0 Å². The minimum atomic E-state index is 0.471. The van der Waals surface area contributed by atoms with Gasteiger partial charge in [-0.1, -0.05) is 30.3 Å². The normalized spacial score (nSPS) is 23.3. The van der Waals surface area contributed by atoms with Crippen LogP contribution in [-0.2, 0) is 0 Å². The van der Waals surface area contributed by atoms with Gasteiger partial charge in [0.2, 0.25) is 0 Å². The standard InChI is InChI=1S/C16H18BrNS/c1-10-8-14(17)16(19-10)15(18-2)13-9-12(13)11-6-4-3-5-7-11/h3-8,12-13,15,18H,9H2,1-2H3. The van der Waals surface area contributed by atoms with Crippen molar-refractivity contribution in [2.24, 2.45) is 5.92 Å². The largest absolute Gasteiger partial charge is 0.312 e. The van der Waals surface area contributed by atoms with E-state index in [9.17, 15) is 0 Å². The summed E-state index contributed by atoms with van der Waals surface area (Å²) in [6, 6.07) is 13.6. The molecular weight excluding hydrogens is 318 g/mol. The quantitative estimate of drug-likeness (QED) is 0.839. The number of benzene rings is 1. The van der Waals surface area contributed by atoms with Gasteiger partial charge in [-0.15, -0.1) is 11.3 Å². The highest BCUT2D eigenvalue weighted by molar-refractivity contribution is 9.10. The van der Waals surface area contributed by atoms with Gasteiger partial charge >= 0.3 is 0 Å². The predicted octanol–water partition coefficient (Wildman–Crippen LogP) is 4.88. The summed E-state index contributed by atoms with van der Waals surface area (Å²) in [6.07, 6.45) is 1.29. The van der Waals surface area contributed by atoms with Gasteiger partial charge in [-0.05, 0) is 59.8 Å². The Hall–Kier alpha value is -0.640. The molecule has 1 heterocycles. The molecule has 1 aromatic carbocycles. The first-order valence-electron chi connectivity index (χ1n) is 6.68. The van der Waals surface area contributed by atoms with Gasteiger partial charge in [0.25, 0.3) is 0 Å². The molecule has 0 saturated heterocycles. The molecule has 100 valence electrons. The van der Waals surface area contributed by atoms with Crippen LogP contribution in [0, 0.1) is 12.8 Å². The minimum Gasteiger partial charge on any atom is -0.312 e. The summed E-state index contributed by atoms with van der Waals surface area (Å²) in [5.41, 5.74) is 1.48. The van der Waals surface area contributed by atoms with Crippen LogP contribution in [0.1, 0.15) is 33.7 Å². The first-order valence-corrected chi connectivity index (χ1v) is 8.29. The Morgan fingerprint density at radius 3 is 2.63 bits per heavy atom. The van der Waals surface area contributed by atoms with Gasteiger partial charge < -0.3 is 5.32 Å². The van der Waals surface area contributed by atoms with Crippen molar-refractivity contribution in [1.82, 2.24) is 5.32 Å². The SMILES string of the molecule is CNC(c1sc(C)cc1Br)C1CC1c1ccccc1. The van der Waals surface area contributed by atoms with Crippen LogP contribution in [0.2, 0.25) is 0 Å². The maximum Gasteiger partial charge on any atom is 0.0458 e. The van der Waals surface area contributed by atoms with Crippen molar-refractivity contribution >= 4 is 27.3 Å². The summed E-state index contributed by atoms with van der Waals surface area (Å²) in [6.45, 7) is 2.17. The summed E-state index contributed by atoms with van der Waals surface area (Å²) >= 11 is 5.60. The van der Waals surface area contributed by atoms with Crippen molar-refractivity contribution in [1.29, 1.82) is 0 Å². The first kappa shape index (κ1) is 13.3. The van der Waals surface area contributed by atoms with Crippen molar-refractivity contribution in [3.63, 3.8) is 0 Å². The smallest absolute Gasteiger partial charge is 0.0458 e. The summed E-state index contributed by atoms with van der Waals surface area (Å²) in [4.78, 5) is 2.82. The van der Waals surface area contributed by atoms with Crippen molar-refractivity contribution in [3.05, 3.63) is 56.2 Å².